The summed E-state index contributed by atoms with van der Waals surface area (Å²) in [6.07, 6.45) is 0. The Morgan fingerprint density at radius 1 is 0.964 bits per heavy atom. The maximum absolute atomic E-state index is 12.5. The van der Waals surface area contributed by atoms with Crippen molar-refractivity contribution in [3.05, 3.63) is 76.6 Å². The van der Waals surface area contributed by atoms with Crippen LogP contribution in [0.2, 0.25) is 0 Å². The average Bonchev–Trinajstić information content (AvgIpc) is 2.75. The number of carbonyl (C=O) groups excluding carboxylic acids is 1. The molecule has 0 aliphatic carbocycles. The first kappa shape index (κ1) is 18.3. The van der Waals surface area contributed by atoms with Crippen molar-refractivity contribution in [1.29, 1.82) is 0 Å². The number of aromatic nitrogens is 1. The number of para-hydroxylation sites is 2. The molecule has 1 fully saturated rings. The van der Waals surface area contributed by atoms with Crippen molar-refractivity contribution in [3.8, 4) is 0 Å². The Kier molecular flexibility index (Phi) is 5.39. The molecular weight excluding hydrogens is 352 g/mol. The maximum atomic E-state index is 12.5. The molecule has 1 saturated heterocycles. The fourth-order valence-electron chi connectivity index (χ4n) is 3.59. The number of hydrogen-bond donors (Lipinski definition) is 2. The van der Waals surface area contributed by atoms with Crippen molar-refractivity contribution in [3.63, 3.8) is 0 Å². The Balaban J connectivity index is 1.28. The van der Waals surface area contributed by atoms with Crippen LogP contribution < -0.4 is 15.8 Å². The zero-order chi connectivity index (χ0) is 19.3. The average molecular weight is 376 g/mol. The van der Waals surface area contributed by atoms with Gasteiger partial charge in [0.05, 0.1) is 6.54 Å². The molecular formula is C22H24N4O2. The van der Waals surface area contributed by atoms with Gasteiger partial charge < -0.3 is 20.1 Å². The standard InChI is InChI=1S/C22H24N4O2/c27-21(26-12-10-25(11-13-26)19-7-2-1-3-8-19)16-23-15-18-14-17-6-4-5-9-20(17)24-22(18)28/h1-9,14,23H,10-13,15-16H2,(H,24,28). The third-order valence-electron chi connectivity index (χ3n) is 5.18. The quantitative estimate of drug-likeness (QED) is 0.714. The van der Waals surface area contributed by atoms with Crippen molar-refractivity contribution in [2.75, 3.05) is 37.6 Å². The highest BCUT2D eigenvalue weighted by Crippen LogP contribution is 2.15. The predicted molar refractivity (Wildman–Crippen MR) is 112 cm³/mol. The van der Waals surface area contributed by atoms with Crippen LogP contribution in [0.5, 0.6) is 0 Å². The largest absolute Gasteiger partial charge is 0.368 e. The second kappa shape index (κ2) is 8.27. The van der Waals surface area contributed by atoms with Gasteiger partial charge in [0.2, 0.25) is 5.91 Å². The lowest BCUT2D eigenvalue weighted by Crippen LogP contribution is -2.50. The first-order valence-corrected chi connectivity index (χ1v) is 9.60. The van der Waals surface area contributed by atoms with Crippen molar-refractivity contribution in [1.82, 2.24) is 15.2 Å². The van der Waals surface area contributed by atoms with Gasteiger partial charge in [-0.3, -0.25) is 9.59 Å². The fraction of sp³-hybridized carbons (Fsp3) is 0.273. The summed E-state index contributed by atoms with van der Waals surface area (Å²) in [5.41, 5.74) is 2.54. The van der Waals surface area contributed by atoms with Crippen LogP contribution in [0.3, 0.4) is 0 Å². The highest BCUT2D eigenvalue weighted by atomic mass is 16.2. The minimum atomic E-state index is -0.116. The second-order valence-electron chi connectivity index (χ2n) is 7.02. The van der Waals surface area contributed by atoms with E-state index in [0.717, 1.165) is 24.0 Å². The minimum Gasteiger partial charge on any atom is -0.368 e. The van der Waals surface area contributed by atoms with E-state index in [9.17, 15) is 9.59 Å². The molecule has 0 bridgehead atoms. The van der Waals surface area contributed by atoms with Crippen molar-refractivity contribution in [2.24, 2.45) is 0 Å². The third kappa shape index (κ3) is 4.07. The first-order valence-electron chi connectivity index (χ1n) is 9.60. The smallest absolute Gasteiger partial charge is 0.252 e. The van der Waals surface area contributed by atoms with E-state index in [0.29, 0.717) is 25.2 Å². The summed E-state index contributed by atoms with van der Waals surface area (Å²) in [6, 6.07) is 19.8. The summed E-state index contributed by atoms with van der Waals surface area (Å²) in [4.78, 5) is 31.7. The molecule has 1 aromatic heterocycles. The lowest BCUT2D eigenvalue weighted by atomic mass is 10.1. The molecule has 6 nitrogen and oxygen atoms in total. The number of benzene rings is 2. The van der Waals surface area contributed by atoms with Crippen LogP contribution in [0.15, 0.2) is 65.5 Å². The molecule has 0 atom stereocenters. The summed E-state index contributed by atoms with van der Waals surface area (Å²) in [5, 5.41) is 4.11. The van der Waals surface area contributed by atoms with Crippen LogP contribution in [-0.2, 0) is 11.3 Å². The maximum Gasteiger partial charge on any atom is 0.252 e. The van der Waals surface area contributed by atoms with Crippen LogP contribution in [0.25, 0.3) is 10.9 Å². The number of amides is 1. The number of nitrogens with one attached hydrogen (secondary N) is 2. The normalized spacial score (nSPS) is 14.4. The molecule has 3 aromatic rings. The van der Waals surface area contributed by atoms with Gasteiger partial charge in [0, 0.05) is 49.5 Å². The SMILES string of the molecule is O=C(CNCc1cc2ccccc2[nH]c1=O)N1CCN(c2ccccc2)CC1. The van der Waals surface area contributed by atoms with Gasteiger partial charge >= 0.3 is 0 Å². The molecule has 1 aliphatic rings. The van der Waals surface area contributed by atoms with Crippen LogP contribution in [0.1, 0.15) is 5.56 Å². The zero-order valence-electron chi connectivity index (χ0n) is 15.7. The van der Waals surface area contributed by atoms with Gasteiger partial charge in [0.15, 0.2) is 0 Å². The second-order valence-corrected chi connectivity index (χ2v) is 7.02. The zero-order valence-corrected chi connectivity index (χ0v) is 15.7. The molecule has 0 radical (unpaired) electrons. The van der Waals surface area contributed by atoms with Crippen LogP contribution in [0, 0.1) is 0 Å². The van der Waals surface area contributed by atoms with Crippen LogP contribution in [-0.4, -0.2) is 48.5 Å². The number of hydrogen-bond acceptors (Lipinski definition) is 4. The molecule has 0 spiro atoms. The minimum absolute atomic E-state index is 0.0740. The van der Waals surface area contributed by atoms with Crippen LogP contribution in [0.4, 0.5) is 5.69 Å². The topological polar surface area (TPSA) is 68.4 Å². The van der Waals surface area contributed by atoms with Gasteiger partial charge in [-0.2, -0.15) is 0 Å². The molecule has 1 aliphatic heterocycles. The fourth-order valence-corrected chi connectivity index (χ4v) is 3.59. The Bertz CT molecular complexity index is 1010. The Morgan fingerprint density at radius 2 is 1.68 bits per heavy atom. The number of piperazine rings is 1. The summed E-state index contributed by atoms with van der Waals surface area (Å²) in [5.74, 6) is 0.0740. The first-order chi connectivity index (χ1) is 13.7. The molecule has 0 saturated carbocycles. The van der Waals surface area contributed by atoms with Crippen molar-refractivity contribution >= 4 is 22.5 Å². The number of nitrogens with zero attached hydrogens (tertiary/aromatic N) is 2. The molecule has 2 aromatic carbocycles. The van der Waals surface area contributed by atoms with E-state index in [1.165, 1.54) is 5.69 Å². The van der Waals surface area contributed by atoms with E-state index >= 15 is 0 Å². The van der Waals surface area contributed by atoms with Gasteiger partial charge in [-0.25, -0.2) is 0 Å². The van der Waals surface area contributed by atoms with Gasteiger partial charge in [-0.1, -0.05) is 36.4 Å². The highest BCUT2D eigenvalue weighted by Gasteiger charge is 2.20. The van der Waals surface area contributed by atoms with Gasteiger partial charge in [0.1, 0.15) is 0 Å². The number of pyridine rings is 1. The molecule has 0 unspecified atom stereocenters. The molecule has 4 rings (SSSR count). The number of H-pyrrole nitrogens is 1. The van der Waals surface area contributed by atoms with Gasteiger partial charge in [0.25, 0.3) is 5.56 Å². The number of rotatable bonds is 5. The molecule has 2 N–H and O–H groups in total. The van der Waals surface area contributed by atoms with E-state index < -0.39 is 0 Å². The molecule has 1 amide bonds. The van der Waals surface area contributed by atoms with Crippen molar-refractivity contribution < 1.29 is 4.79 Å². The summed E-state index contributed by atoms with van der Waals surface area (Å²) in [6.45, 7) is 3.70. The Morgan fingerprint density at radius 3 is 2.46 bits per heavy atom. The number of carbonyl (C=O) groups is 1. The summed E-state index contributed by atoms with van der Waals surface area (Å²) < 4.78 is 0. The van der Waals surface area contributed by atoms with Crippen LogP contribution >= 0.6 is 0 Å². The lowest BCUT2D eigenvalue weighted by Gasteiger charge is -2.36. The number of aromatic amines is 1. The van der Waals surface area contributed by atoms with Gasteiger partial charge in [-0.05, 0) is 29.7 Å². The van der Waals surface area contributed by atoms with E-state index in [1.54, 1.807) is 0 Å². The third-order valence-corrected chi connectivity index (χ3v) is 5.18. The number of fused-ring (bicyclic) bond motifs is 1. The molecule has 144 valence electrons. The summed E-state index contributed by atoms with van der Waals surface area (Å²) >= 11 is 0. The van der Waals surface area contributed by atoms with E-state index in [4.69, 9.17) is 0 Å². The number of anilines is 1. The van der Waals surface area contributed by atoms with E-state index in [2.05, 4.69) is 27.3 Å². The lowest BCUT2D eigenvalue weighted by molar-refractivity contribution is -0.130. The predicted octanol–water partition coefficient (Wildman–Crippen LogP) is 1.97. The molecule has 6 heteroatoms. The van der Waals surface area contributed by atoms with E-state index in [-0.39, 0.29) is 18.0 Å². The molecule has 28 heavy (non-hydrogen) atoms. The van der Waals surface area contributed by atoms with Crippen molar-refractivity contribution in [2.45, 2.75) is 6.54 Å². The Hall–Kier alpha value is -3.12. The Labute approximate surface area is 163 Å². The summed E-state index contributed by atoms with van der Waals surface area (Å²) in [7, 11) is 0. The highest BCUT2D eigenvalue weighted by molar-refractivity contribution is 5.79. The monoisotopic (exact) mass is 376 g/mol. The molecule has 2 heterocycles. The van der Waals surface area contributed by atoms with E-state index in [1.807, 2.05) is 53.4 Å². The van der Waals surface area contributed by atoms with Gasteiger partial charge in [-0.15, -0.1) is 0 Å².